The summed E-state index contributed by atoms with van der Waals surface area (Å²) in [6, 6.07) is 7.77. The van der Waals surface area contributed by atoms with Crippen LogP contribution in [-0.2, 0) is 0 Å². The summed E-state index contributed by atoms with van der Waals surface area (Å²) in [6.07, 6.45) is 0. The van der Waals surface area contributed by atoms with Crippen LogP contribution >= 0.6 is 0 Å². The van der Waals surface area contributed by atoms with Crippen molar-refractivity contribution in [3.05, 3.63) is 23.9 Å². The first kappa shape index (κ1) is 9.53. The first-order valence-electron chi connectivity index (χ1n) is 3.91. The second kappa shape index (κ2) is 3.44. The molecule has 12 heavy (non-hydrogen) atoms. The summed E-state index contributed by atoms with van der Waals surface area (Å²) in [5.74, 6) is 0. The molecule has 1 aromatic heterocycles. The number of aromatic nitrogens is 1. The molecule has 0 aliphatic carbocycles. The van der Waals surface area contributed by atoms with Crippen molar-refractivity contribution in [2.24, 2.45) is 0 Å². The fourth-order valence-corrected chi connectivity index (χ4v) is 3.92. The van der Waals surface area contributed by atoms with Gasteiger partial charge in [-0.15, -0.1) is 0 Å². The predicted molar refractivity (Wildman–Crippen MR) is 51.9 cm³/mol. The summed E-state index contributed by atoms with van der Waals surface area (Å²) in [5.41, 5.74) is 0.541. The maximum absolute atomic E-state index is 8.64. The van der Waals surface area contributed by atoms with Crippen molar-refractivity contribution >= 4 is 22.1 Å². The summed E-state index contributed by atoms with van der Waals surface area (Å²) in [5, 5.41) is 8.64. The van der Waals surface area contributed by atoms with Crippen LogP contribution in [0.2, 0.25) is 14.8 Å². The van der Waals surface area contributed by atoms with Crippen LogP contribution in [0.1, 0.15) is 5.69 Å². The molecule has 0 atom stereocenters. The minimum atomic E-state index is -2.04. The van der Waals surface area contributed by atoms with E-state index in [1.54, 1.807) is 6.07 Å². The molecule has 0 aliphatic rings. The Kier molecular flexibility index (Phi) is 2.73. The van der Waals surface area contributed by atoms with Crippen LogP contribution in [0.15, 0.2) is 18.2 Å². The number of hydrogen-bond donors (Lipinski definition) is 0. The van der Waals surface area contributed by atoms with Crippen LogP contribution in [0.25, 0.3) is 0 Å². The number of hydrogen-bond acceptors (Lipinski definition) is 2. The van der Waals surface area contributed by atoms with E-state index in [4.69, 9.17) is 5.26 Å². The Labute approximate surface area is 77.1 Å². The molecule has 0 N–H and O–H groups in total. The van der Waals surface area contributed by atoms with Crippen LogP contribution < -0.4 is 3.71 Å². The standard InChI is InChI=1S/C6H3N2.3CH3.Sn/c7-5-6-3-1-2-4-8-6;;;;/h1-3H;3*1H3;. The minimum absolute atomic E-state index is 0.541. The second-order valence-electron chi connectivity index (χ2n) is 3.77. The van der Waals surface area contributed by atoms with E-state index < -0.39 is 18.4 Å². The molecular formula is C9H12N2Sn. The summed E-state index contributed by atoms with van der Waals surface area (Å²) >= 11 is -2.04. The zero-order chi connectivity index (χ0) is 9.19. The molecule has 0 radical (unpaired) electrons. The second-order valence-corrected chi connectivity index (χ2v) is 18.1. The Morgan fingerprint density at radius 2 is 2.00 bits per heavy atom. The molecule has 0 bridgehead atoms. The zero-order valence-electron chi connectivity index (χ0n) is 7.63. The summed E-state index contributed by atoms with van der Waals surface area (Å²) < 4.78 is 1.17. The van der Waals surface area contributed by atoms with Gasteiger partial charge in [-0.25, -0.2) is 0 Å². The van der Waals surface area contributed by atoms with Crippen molar-refractivity contribution in [1.82, 2.24) is 4.98 Å². The summed E-state index contributed by atoms with van der Waals surface area (Å²) in [4.78, 5) is 11.2. The van der Waals surface area contributed by atoms with Gasteiger partial charge in [0.05, 0.1) is 0 Å². The molecule has 1 rings (SSSR count). The average molecular weight is 267 g/mol. The van der Waals surface area contributed by atoms with Gasteiger partial charge in [0, 0.05) is 0 Å². The Bertz CT molecular complexity index is 320. The molecule has 0 unspecified atom stereocenters. The third-order valence-corrected chi connectivity index (χ3v) is 6.81. The van der Waals surface area contributed by atoms with Gasteiger partial charge in [-0.05, 0) is 0 Å². The van der Waals surface area contributed by atoms with Gasteiger partial charge in [0.2, 0.25) is 0 Å². The average Bonchev–Trinajstić information content (AvgIpc) is 2.03. The molecular weight excluding hydrogens is 255 g/mol. The molecule has 62 valence electrons. The first-order valence-corrected chi connectivity index (χ1v) is 13.9. The van der Waals surface area contributed by atoms with Crippen LogP contribution in [0.5, 0.6) is 0 Å². The zero-order valence-corrected chi connectivity index (χ0v) is 10.5. The first-order chi connectivity index (χ1) is 5.54. The van der Waals surface area contributed by atoms with Gasteiger partial charge in [-0.2, -0.15) is 0 Å². The van der Waals surface area contributed by atoms with Gasteiger partial charge >= 0.3 is 77.1 Å². The van der Waals surface area contributed by atoms with Gasteiger partial charge in [0.1, 0.15) is 0 Å². The SMILES string of the molecule is [CH3][Sn]([CH3])([CH3])[c]1cccc(C#N)n1. The molecule has 0 amide bonds. The molecule has 0 saturated heterocycles. The molecule has 0 spiro atoms. The van der Waals surface area contributed by atoms with Crippen molar-refractivity contribution in [2.75, 3.05) is 0 Å². The van der Waals surface area contributed by atoms with Crippen LogP contribution in [0.3, 0.4) is 0 Å². The van der Waals surface area contributed by atoms with Crippen molar-refractivity contribution in [1.29, 1.82) is 5.26 Å². The van der Waals surface area contributed by atoms with Gasteiger partial charge in [0.15, 0.2) is 0 Å². The molecule has 1 heterocycles. The van der Waals surface area contributed by atoms with Gasteiger partial charge in [-0.3, -0.25) is 0 Å². The fourth-order valence-electron chi connectivity index (χ4n) is 0.915. The number of rotatable bonds is 1. The fraction of sp³-hybridized carbons (Fsp3) is 0.333. The van der Waals surface area contributed by atoms with Crippen molar-refractivity contribution in [2.45, 2.75) is 14.8 Å². The van der Waals surface area contributed by atoms with E-state index in [2.05, 4.69) is 25.9 Å². The monoisotopic (exact) mass is 268 g/mol. The van der Waals surface area contributed by atoms with E-state index in [0.29, 0.717) is 5.69 Å². The quantitative estimate of drug-likeness (QED) is 0.723. The van der Waals surface area contributed by atoms with E-state index in [-0.39, 0.29) is 0 Å². The summed E-state index contributed by atoms with van der Waals surface area (Å²) in [6.45, 7) is 0. The number of nitrogens with zero attached hydrogens (tertiary/aromatic N) is 2. The van der Waals surface area contributed by atoms with E-state index in [9.17, 15) is 0 Å². The third kappa shape index (κ3) is 2.21. The van der Waals surface area contributed by atoms with E-state index in [1.165, 1.54) is 3.71 Å². The Hall–Kier alpha value is -0.561. The molecule has 2 nitrogen and oxygen atoms in total. The van der Waals surface area contributed by atoms with Gasteiger partial charge in [-0.1, -0.05) is 0 Å². The number of pyridine rings is 1. The third-order valence-electron chi connectivity index (χ3n) is 1.63. The Morgan fingerprint density at radius 3 is 2.50 bits per heavy atom. The molecule has 0 saturated carbocycles. The Morgan fingerprint density at radius 1 is 1.33 bits per heavy atom. The van der Waals surface area contributed by atoms with Crippen molar-refractivity contribution in [3.8, 4) is 6.07 Å². The van der Waals surface area contributed by atoms with E-state index in [1.807, 2.05) is 12.1 Å². The van der Waals surface area contributed by atoms with Gasteiger partial charge in [0.25, 0.3) is 0 Å². The number of nitriles is 1. The van der Waals surface area contributed by atoms with Crippen molar-refractivity contribution < 1.29 is 0 Å². The molecule has 1 aromatic rings. The predicted octanol–water partition coefficient (Wildman–Crippen LogP) is 1.50. The normalized spacial score (nSPS) is 10.8. The Balaban J connectivity index is 3.13. The topological polar surface area (TPSA) is 36.7 Å². The van der Waals surface area contributed by atoms with Crippen LogP contribution in [0.4, 0.5) is 0 Å². The molecule has 0 aliphatic heterocycles. The van der Waals surface area contributed by atoms with E-state index in [0.717, 1.165) is 0 Å². The maximum atomic E-state index is 8.64. The molecule has 0 fully saturated rings. The van der Waals surface area contributed by atoms with Crippen LogP contribution in [0, 0.1) is 11.3 Å². The van der Waals surface area contributed by atoms with E-state index >= 15 is 0 Å². The summed E-state index contributed by atoms with van der Waals surface area (Å²) in [7, 11) is 0. The molecule has 3 heteroatoms. The van der Waals surface area contributed by atoms with Gasteiger partial charge < -0.3 is 0 Å². The molecule has 0 aromatic carbocycles. The van der Waals surface area contributed by atoms with Crippen LogP contribution in [-0.4, -0.2) is 23.4 Å². The van der Waals surface area contributed by atoms with Crippen molar-refractivity contribution in [3.63, 3.8) is 0 Å².